The third kappa shape index (κ3) is 2.84. The van der Waals surface area contributed by atoms with Gasteiger partial charge in [0.25, 0.3) is 0 Å². The summed E-state index contributed by atoms with van der Waals surface area (Å²) in [6.45, 7) is 7.22. The molecule has 90 valence electrons. The number of hydrogen-bond acceptors (Lipinski definition) is 4. The molecule has 0 spiro atoms. The molecule has 0 aliphatic heterocycles. The van der Waals surface area contributed by atoms with Crippen LogP contribution in [0.2, 0.25) is 0 Å². The normalized spacial score (nSPS) is 10.5. The summed E-state index contributed by atoms with van der Waals surface area (Å²) in [5.74, 6) is 2.39. The lowest BCUT2D eigenvalue weighted by Crippen LogP contribution is -2.22. The number of unbranched alkanes of at least 4 members (excludes halogenated alkanes) is 1. The van der Waals surface area contributed by atoms with E-state index in [9.17, 15) is 0 Å². The van der Waals surface area contributed by atoms with Gasteiger partial charge in [-0.15, -0.1) is 0 Å². The molecule has 0 aliphatic carbocycles. The Morgan fingerprint density at radius 2 is 1.94 bits per heavy atom. The summed E-state index contributed by atoms with van der Waals surface area (Å²) in [4.78, 5) is 11.0. The van der Waals surface area contributed by atoms with E-state index < -0.39 is 0 Å². The van der Waals surface area contributed by atoms with Gasteiger partial charge >= 0.3 is 0 Å². The van der Waals surface area contributed by atoms with Crippen molar-refractivity contribution in [1.82, 2.24) is 9.97 Å². The molecule has 0 amide bonds. The molecule has 0 aliphatic rings. The van der Waals surface area contributed by atoms with Crippen molar-refractivity contribution in [2.45, 2.75) is 40.0 Å². The second-order valence-electron chi connectivity index (χ2n) is 4.10. The lowest BCUT2D eigenvalue weighted by molar-refractivity contribution is 0.752. The van der Waals surface area contributed by atoms with E-state index >= 15 is 0 Å². The number of aryl methyl sites for hydroxylation is 1. The van der Waals surface area contributed by atoms with Crippen LogP contribution in [0.3, 0.4) is 0 Å². The van der Waals surface area contributed by atoms with Crippen molar-refractivity contribution in [3.8, 4) is 0 Å². The average molecular weight is 222 g/mol. The van der Waals surface area contributed by atoms with Crippen LogP contribution in [-0.4, -0.2) is 23.6 Å². The van der Waals surface area contributed by atoms with Gasteiger partial charge in [0.05, 0.1) is 0 Å². The monoisotopic (exact) mass is 222 g/mol. The van der Waals surface area contributed by atoms with Gasteiger partial charge in [0, 0.05) is 25.6 Å². The molecular formula is C12H22N4. The second kappa shape index (κ2) is 5.68. The molecule has 0 atom stereocenters. The summed E-state index contributed by atoms with van der Waals surface area (Å²) in [7, 11) is 2.06. The van der Waals surface area contributed by atoms with E-state index in [4.69, 9.17) is 5.73 Å². The Labute approximate surface area is 97.9 Å². The first-order valence-electron chi connectivity index (χ1n) is 5.94. The smallest absolute Gasteiger partial charge is 0.137 e. The van der Waals surface area contributed by atoms with Crippen LogP contribution in [0.5, 0.6) is 0 Å². The van der Waals surface area contributed by atoms with Gasteiger partial charge in [-0.3, -0.25) is 0 Å². The minimum Gasteiger partial charge on any atom is -0.383 e. The number of aromatic nitrogens is 2. The summed E-state index contributed by atoms with van der Waals surface area (Å²) in [5, 5.41) is 0. The lowest BCUT2D eigenvalue weighted by atomic mass is 10.2. The van der Waals surface area contributed by atoms with Crippen LogP contribution in [0.25, 0.3) is 0 Å². The molecule has 0 bridgehead atoms. The zero-order valence-corrected chi connectivity index (χ0v) is 10.7. The predicted molar refractivity (Wildman–Crippen MR) is 68.7 cm³/mol. The summed E-state index contributed by atoms with van der Waals surface area (Å²) in [6.07, 6.45) is 3.17. The highest BCUT2D eigenvalue weighted by Crippen LogP contribution is 2.20. The molecule has 0 radical (unpaired) electrons. The zero-order chi connectivity index (χ0) is 12.1. The van der Waals surface area contributed by atoms with E-state index in [1.807, 2.05) is 13.8 Å². The van der Waals surface area contributed by atoms with Gasteiger partial charge in [-0.1, -0.05) is 20.3 Å². The molecule has 1 aromatic rings. The summed E-state index contributed by atoms with van der Waals surface area (Å²) in [6, 6.07) is 0. The fourth-order valence-corrected chi connectivity index (χ4v) is 1.60. The predicted octanol–water partition coefficient (Wildman–Crippen LogP) is 2.17. The SMILES string of the molecule is CCCCN(C)c1nc(CC)nc(N)c1C. The zero-order valence-electron chi connectivity index (χ0n) is 10.7. The van der Waals surface area contributed by atoms with Crippen molar-refractivity contribution < 1.29 is 0 Å². The van der Waals surface area contributed by atoms with Crippen LogP contribution in [0.15, 0.2) is 0 Å². The average Bonchev–Trinajstić information content (AvgIpc) is 2.29. The molecule has 1 heterocycles. The Bertz CT molecular complexity index is 349. The fourth-order valence-electron chi connectivity index (χ4n) is 1.60. The molecule has 1 aromatic heterocycles. The molecule has 4 nitrogen and oxygen atoms in total. The van der Waals surface area contributed by atoms with Crippen LogP contribution in [-0.2, 0) is 6.42 Å². The highest BCUT2D eigenvalue weighted by Gasteiger charge is 2.11. The number of nitrogen functional groups attached to an aromatic ring is 1. The Kier molecular flexibility index (Phi) is 4.52. The fraction of sp³-hybridized carbons (Fsp3) is 0.667. The van der Waals surface area contributed by atoms with E-state index in [1.54, 1.807) is 0 Å². The molecule has 2 N–H and O–H groups in total. The number of anilines is 2. The molecule has 0 saturated carbocycles. The minimum atomic E-state index is 0.602. The maximum Gasteiger partial charge on any atom is 0.137 e. The van der Waals surface area contributed by atoms with Gasteiger partial charge < -0.3 is 10.6 Å². The molecule has 0 unspecified atom stereocenters. The van der Waals surface area contributed by atoms with Crippen LogP contribution < -0.4 is 10.6 Å². The molecule has 0 saturated heterocycles. The minimum absolute atomic E-state index is 0.602. The van der Waals surface area contributed by atoms with Crippen molar-refractivity contribution in [2.75, 3.05) is 24.2 Å². The molecule has 16 heavy (non-hydrogen) atoms. The lowest BCUT2D eigenvalue weighted by Gasteiger charge is -2.21. The third-order valence-corrected chi connectivity index (χ3v) is 2.73. The summed E-state index contributed by atoms with van der Waals surface area (Å²) >= 11 is 0. The van der Waals surface area contributed by atoms with Crippen molar-refractivity contribution in [3.05, 3.63) is 11.4 Å². The molecule has 0 aromatic carbocycles. The van der Waals surface area contributed by atoms with E-state index in [-0.39, 0.29) is 0 Å². The molecular weight excluding hydrogens is 200 g/mol. The van der Waals surface area contributed by atoms with Gasteiger partial charge in [-0.05, 0) is 13.3 Å². The van der Waals surface area contributed by atoms with Gasteiger partial charge in [0.1, 0.15) is 17.5 Å². The van der Waals surface area contributed by atoms with E-state index in [0.29, 0.717) is 5.82 Å². The topological polar surface area (TPSA) is 55.0 Å². The van der Waals surface area contributed by atoms with E-state index in [2.05, 4.69) is 28.8 Å². The van der Waals surface area contributed by atoms with Crippen molar-refractivity contribution in [2.24, 2.45) is 0 Å². The van der Waals surface area contributed by atoms with Crippen molar-refractivity contribution >= 4 is 11.6 Å². The van der Waals surface area contributed by atoms with Crippen LogP contribution in [0.4, 0.5) is 11.6 Å². The number of nitrogens with zero attached hydrogens (tertiary/aromatic N) is 3. The number of rotatable bonds is 5. The Morgan fingerprint density at radius 3 is 2.50 bits per heavy atom. The van der Waals surface area contributed by atoms with Gasteiger partial charge in [-0.2, -0.15) is 0 Å². The quantitative estimate of drug-likeness (QED) is 0.829. The van der Waals surface area contributed by atoms with Crippen molar-refractivity contribution in [3.63, 3.8) is 0 Å². The maximum absolute atomic E-state index is 5.89. The van der Waals surface area contributed by atoms with E-state index in [0.717, 1.165) is 30.2 Å². The van der Waals surface area contributed by atoms with Crippen LogP contribution in [0.1, 0.15) is 38.1 Å². The van der Waals surface area contributed by atoms with Crippen molar-refractivity contribution in [1.29, 1.82) is 0 Å². The second-order valence-corrected chi connectivity index (χ2v) is 4.10. The van der Waals surface area contributed by atoms with Gasteiger partial charge in [0.15, 0.2) is 0 Å². The Hall–Kier alpha value is -1.32. The molecule has 0 fully saturated rings. The molecule has 4 heteroatoms. The standard InChI is InChI=1S/C12H22N4/c1-5-7-8-16(4)12-9(3)11(13)14-10(6-2)15-12/h5-8H2,1-4H3,(H2,13,14,15). The first kappa shape index (κ1) is 12.7. The van der Waals surface area contributed by atoms with Crippen LogP contribution in [0, 0.1) is 6.92 Å². The first-order chi connectivity index (χ1) is 7.60. The largest absolute Gasteiger partial charge is 0.383 e. The van der Waals surface area contributed by atoms with Crippen LogP contribution >= 0.6 is 0 Å². The third-order valence-electron chi connectivity index (χ3n) is 2.73. The number of hydrogen-bond donors (Lipinski definition) is 1. The highest BCUT2D eigenvalue weighted by atomic mass is 15.2. The summed E-state index contributed by atoms with van der Waals surface area (Å²) in [5.41, 5.74) is 6.87. The number of nitrogens with two attached hydrogens (primary N) is 1. The summed E-state index contributed by atoms with van der Waals surface area (Å²) < 4.78 is 0. The first-order valence-corrected chi connectivity index (χ1v) is 5.94. The maximum atomic E-state index is 5.89. The molecule has 1 rings (SSSR count). The Balaban J connectivity index is 2.97. The highest BCUT2D eigenvalue weighted by molar-refractivity contribution is 5.56. The van der Waals surface area contributed by atoms with Gasteiger partial charge in [-0.25, -0.2) is 9.97 Å². The Morgan fingerprint density at radius 1 is 1.25 bits per heavy atom. The van der Waals surface area contributed by atoms with E-state index in [1.165, 1.54) is 12.8 Å². The van der Waals surface area contributed by atoms with Gasteiger partial charge in [0.2, 0.25) is 0 Å².